The van der Waals surface area contributed by atoms with Gasteiger partial charge in [-0.2, -0.15) is 4.31 Å². The molecule has 0 bridgehead atoms. The average Bonchev–Trinajstić information content (AvgIpc) is 3.07. The molecule has 2 heterocycles. The maximum absolute atomic E-state index is 13.0. The highest BCUT2D eigenvalue weighted by Crippen LogP contribution is 2.28. The van der Waals surface area contributed by atoms with Crippen LogP contribution in [0.1, 0.15) is 24.2 Å². The monoisotopic (exact) mass is 416 g/mol. The standard InChI is InChI=1S/C15H17ClN4O4S2/c1-9-6-20(7-10(2)24-9)26(22,23)13-5-11(3-4-12(13)16)14(21)18-15-19-17-8-25-15/h3-5,8-10H,6-7H2,1-2H3,(H,18,19,21). The van der Waals surface area contributed by atoms with Gasteiger partial charge >= 0.3 is 0 Å². The topological polar surface area (TPSA) is 101 Å². The molecule has 1 aromatic heterocycles. The summed E-state index contributed by atoms with van der Waals surface area (Å²) in [6, 6.07) is 4.14. The first-order valence-electron chi connectivity index (χ1n) is 7.80. The van der Waals surface area contributed by atoms with Crippen LogP contribution in [0.15, 0.2) is 28.6 Å². The summed E-state index contributed by atoms with van der Waals surface area (Å²) in [5.74, 6) is -0.487. The molecule has 1 N–H and O–H groups in total. The fourth-order valence-corrected chi connectivity index (χ4v) is 5.24. The smallest absolute Gasteiger partial charge is 0.257 e. The van der Waals surface area contributed by atoms with Crippen LogP contribution in [-0.4, -0.2) is 54.1 Å². The zero-order valence-corrected chi connectivity index (χ0v) is 16.4. The van der Waals surface area contributed by atoms with Gasteiger partial charge in [0, 0.05) is 18.7 Å². The van der Waals surface area contributed by atoms with Gasteiger partial charge in [-0.05, 0) is 32.0 Å². The van der Waals surface area contributed by atoms with E-state index in [1.807, 2.05) is 13.8 Å². The van der Waals surface area contributed by atoms with Gasteiger partial charge in [-0.3, -0.25) is 10.1 Å². The van der Waals surface area contributed by atoms with Crippen molar-refractivity contribution in [3.05, 3.63) is 34.3 Å². The molecule has 11 heteroatoms. The summed E-state index contributed by atoms with van der Waals surface area (Å²) in [7, 11) is -3.86. The van der Waals surface area contributed by atoms with E-state index >= 15 is 0 Å². The first-order chi connectivity index (χ1) is 12.3. The van der Waals surface area contributed by atoms with Gasteiger partial charge in [0.1, 0.15) is 10.4 Å². The van der Waals surface area contributed by atoms with Crippen molar-refractivity contribution in [1.82, 2.24) is 14.5 Å². The molecule has 26 heavy (non-hydrogen) atoms. The molecule has 1 fully saturated rings. The number of morpholine rings is 1. The summed E-state index contributed by atoms with van der Waals surface area (Å²) in [5, 5.41) is 10.3. The van der Waals surface area contributed by atoms with E-state index in [-0.39, 0.29) is 40.8 Å². The van der Waals surface area contributed by atoms with Crippen molar-refractivity contribution in [2.45, 2.75) is 31.0 Å². The number of ether oxygens (including phenoxy) is 1. The zero-order valence-electron chi connectivity index (χ0n) is 14.0. The molecule has 140 valence electrons. The molecule has 1 aliphatic heterocycles. The lowest BCUT2D eigenvalue weighted by molar-refractivity contribution is -0.0440. The summed E-state index contributed by atoms with van der Waals surface area (Å²) in [6.45, 7) is 4.08. The minimum atomic E-state index is -3.86. The predicted molar refractivity (Wildman–Crippen MR) is 98.1 cm³/mol. The van der Waals surface area contributed by atoms with E-state index in [4.69, 9.17) is 16.3 Å². The lowest BCUT2D eigenvalue weighted by Crippen LogP contribution is -2.48. The predicted octanol–water partition coefficient (Wildman–Crippen LogP) is 2.24. The normalized spacial score (nSPS) is 21.5. The molecule has 1 saturated heterocycles. The van der Waals surface area contributed by atoms with Crippen LogP contribution in [0, 0.1) is 0 Å². The molecular formula is C15H17ClN4O4S2. The van der Waals surface area contributed by atoms with E-state index in [1.165, 1.54) is 28.0 Å². The van der Waals surface area contributed by atoms with Crippen LogP contribution in [-0.2, 0) is 14.8 Å². The van der Waals surface area contributed by atoms with Crippen LogP contribution in [0.2, 0.25) is 5.02 Å². The number of carbonyl (C=O) groups excluding carboxylic acids is 1. The van der Waals surface area contributed by atoms with Gasteiger partial charge in [0.25, 0.3) is 5.91 Å². The number of carbonyl (C=O) groups is 1. The number of nitrogens with one attached hydrogen (secondary N) is 1. The quantitative estimate of drug-likeness (QED) is 0.820. The highest BCUT2D eigenvalue weighted by Gasteiger charge is 2.33. The molecule has 2 aromatic rings. The molecule has 3 rings (SSSR count). The molecule has 1 aliphatic rings. The summed E-state index contributed by atoms with van der Waals surface area (Å²) in [4.78, 5) is 12.2. The van der Waals surface area contributed by atoms with Crippen LogP contribution >= 0.6 is 22.9 Å². The van der Waals surface area contributed by atoms with E-state index < -0.39 is 15.9 Å². The number of sulfonamides is 1. The molecule has 1 amide bonds. The van der Waals surface area contributed by atoms with Gasteiger partial charge in [0.2, 0.25) is 15.2 Å². The fraction of sp³-hybridized carbons (Fsp3) is 0.400. The maximum Gasteiger partial charge on any atom is 0.257 e. The minimum absolute atomic E-state index is 0.0595. The molecule has 2 unspecified atom stereocenters. The molecule has 1 aromatic carbocycles. The number of hydrogen-bond donors (Lipinski definition) is 1. The Labute approximate surface area is 160 Å². The highest BCUT2D eigenvalue weighted by molar-refractivity contribution is 7.89. The molecular weight excluding hydrogens is 400 g/mol. The Morgan fingerprint density at radius 2 is 2.04 bits per heavy atom. The number of hydrogen-bond acceptors (Lipinski definition) is 7. The third kappa shape index (κ3) is 4.04. The number of rotatable bonds is 4. The van der Waals surface area contributed by atoms with Gasteiger partial charge in [0.05, 0.1) is 17.2 Å². The Hall–Kier alpha value is -1.59. The number of benzene rings is 1. The molecule has 8 nitrogen and oxygen atoms in total. The number of aromatic nitrogens is 2. The lowest BCUT2D eigenvalue weighted by atomic mass is 10.2. The van der Waals surface area contributed by atoms with Gasteiger partial charge in [-0.25, -0.2) is 8.42 Å². The third-order valence-electron chi connectivity index (χ3n) is 3.78. The Morgan fingerprint density at radius 1 is 1.35 bits per heavy atom. The number of nitrogens with zero attached hydrogens (tertiary/aromatic N) is 3. The Morgan fingerprint density at radius 3 is 2.65 bits per heavy atom. The molecule has 2 atom stereocenters. The minimum Gasteiger partial charge on any atom is -0.373 e. The SMILES string of the molecule is CC1CN(S(=O)(=O)c2cc(C(=O)Nc3nncs3)ccc2Cl)CC(C)O1. The second-order valence-electron chi connectivity index (χ2n) is 5.92. The highest BCUT2D eigenvalue weighted by atomic mass is 35.5. The van der Waals surface area contributed by atoms with E-state index in [0.29, 0.717) is 5.13 Å². The molecule has 0 saturated carbocycles. The van der Waals surface area contributed by atoms with Crippen molar-refractivity contribution in [3.8, 4) is 0 Å². The summed E-state index contributed by atoms with van der Waals surface area (Å²) >= 11 is 7.29. The van der Waals surface area contributed by atoms with Gasteiger partial charge < -0.3 is 4.74 Å². The largest absolute Gasteiger partial charge is 0.373 e. The fourth-order valence-electron chi connectivity index (χ4n) is 2.71. The van der Waals surface area contributed by atoms with Crippen molar-refractivity contribution in [3.63, 3.8) is 0 Å². The second-order valence-corrected chi connectivity index (χ2v) is 9.07. The Bertz CT molecular complexity index is 894. The summed E-state index contributed by atoms with van der Waals surface area (Å²) in [5.41, 5.74) is 1.64. The lowest BCUT2D eigenvalue weighted by Gasteiger charge is -2.34. The van der Waals surface area contributed by atoms with Crippen molar-refractivity contribution in [2.24, 2.45) is 0 Å². The molecule has 0 spiro atoms. The molecule has 0 radical (unpaired) electrons. The van der Waals surface area contributed by atoms with Gasteiger partial charge in [-0.1, -0.05) is 22.9 Å². The second kappa shape index (κ2) is 7.57. The Kier molecular flexibility index (Phi) is 5.58. The van der Waals surface area contributed by atoms with Crippen LogP contribution in [0.25, 0.3) is 0 Å². The van der Waals surface area contributed by atoms with Gasteiger partial charge in [0.15, 0.2) is 0 Å². The zero-order chi connectivity index (χ0) is 18.9. The first kappa shape index (κ1) is 19.2. The van der Waals surface area contributed by atoms with E-state index in [0.717, 1.165) is 11.3 Å². The summed E-state index contributed by atoms with van der Waals surface area (Å²) in [6.07, 6.45) is -0.452. The van der Waals surface area contributed by atoms with E-state index in [1.54, 1.807) is 0 Å². The van der Waals surface area contributed by atoms with E-state index in [2.05, 4.69) is 15.5 Å². The van der Waals surface area contributed by atoms with Crippen molar-refractivity contribution >= 4 is 44.0 Å². The van der Waals surface area contributed by atoms with Crippen LogP contribution in [0.4, 0.5) is 5.13 Å². The van der Waals surface area contributed by atoms with Crippen LogP contribution < -0.4 is 5.32 Å². The third-order valence-corrected chi connectivity index (χ3v) is 6.70. The average molecular weight is 417 g/mol. The number of anilines is 1. The maximum atomic E-state index is 13.0. The van der Waals surface area contributed by atoms with Crippen molar-refractivity contribution < 1.29 is 17.9 Å². The number of amides is 1. The first-order valence-corrected chi connectivity index (χ1v) is 10.5. The Balaban J connectivity index is 1.90. The van der Waals surface area contributed by atoms with Gasteiger partial charge in [-0.15, -0.1) is 10.2 Å². The molecule has 0 aliphatic carbocycles. The van der Waals surface area contributed by atoms with Crippen molar-refractivity contribution in [1.29, 1.82) is 0 Å². The van der Waals surface area contributed by atoms with Crippen LogP contribution in [0.3, 0.4) is 0 Å². The van der Waals surface area contributed by atoms with E-state index in [9.17, 15) is 13.2 Å². The summed E-state index contributed by atoms with van der Waals surface area (Å²) < 4.78 is 33.0. The van der Waals surface area contributed by atoms with Crippen LogP contribution in [0.5, 0.6) is 0 Å². The number of halogens is 1. The van der Waals surface area contributed by atoms with Crippen molar-refractivity contribution in [2.75, 3.05) is 18.4 Å².